The van der Waals surface area contributed by atoms with E-state index in [1.54, 1.807) is 0 Å². The van der Waals surface area contributed by atoms with Crippen molar-refractivity contribution in [2.24, 2.45) is 11.8 Å². The van der Waals surface area contributed by atoms with E-state index in [2.05, 4.69) is 9.97 Å². The second-order valence-electron chi connectivity index (χ2n) is 11.7. The molecule has 0 amide bonds. The van der Waals surface area contributed by atoms with E-state index < -0.39 is 0 Å². The second-order valence-corrected chi connectivity index (χ2v) is 11.7. The van der Waals surface area contributed by atoms with Crippen molar-refractivity contribution in [2.45, 2.75) is 31.1 Å². The Bertz CT molecular complexity index is 1820. The van der Waals surface area contributed by atoms with Gasteiger partial charge in [0, 0.05) is 24.8 Å². The Morgan fingerprint density at radius 1 is 0.419 bits per heavy atom. The highest BCUT2D eigenvalue weighted by Crippen LogP contribution is 2.65. The van der Waals surface area contributed by atoms with Crippen LogP contribution < -0.4 is 0 Å². The third-order valence-electron chi connectivity index (χ3n) is 9.47. The van der Waals surface area contributed by atoms with E-state index in [0.717, 1.165) is 64.8 Å². The van der Waals surface area contributed by atoms with Crippen LogP contribution in [0.5, 0.6) is 0 Å². The molecule has 1 saturated carbocycles. The van der Waals surface area contributed by atoms with Crippen LogP contribution in [-0.2, 0) is 12.8 Å². The minimum absolute atomic E-state index is 0.250. The van der Waals surface area contributed by atoms with Gasteiger partial charge < -0.3 is 0 Å². The van der Waals surface area contributed by atoms with Gasteiger partial charge in [-0.25, -0.2) is 0 Å². The fraction of sp³-hybridized carbons (Fsp3) is 0.200. The summed E-state index contributed by atoms with van der Waals surface area (Å²) in [5.41, 5.74) is 12.0. The first-order valence-electron chi connectivity index (χ1n) is 14.8. The highest BCUT2D eigenvalue weighted by Gasteiger charge is 2.55. The minimum atomic E-state index is 0.250. The number of pyridine rings is 4. The molecular weight excluding hydrogens is 532 g/mol. The van der Waals surface area contributed by atoms with Crippen molar-refractivity contribution in [3.8, 4) is 45.6 Å². The van der Waals surface area contributed by atoms with Crippen LogP contribution in [0.25, 0.3) is 45.6 Å². The zero-order chi connectivity index (χ0) is 28.3. The molecule has 0 aliphatic heterocycles. The van der Waals surface area contributed by atoms with E-state index in [1.807, 2.05) is 97.6 Å². The van der Waals surface area contributed by atoms with Gasteiger partial charge in [0.05, 0.1) is 22.8 Å². The molecule has 6 aromatic rings. The van der Waals surface area contributed by atoms with Crippen LogP contribution >= 0.6 is 0 Å². The van der Waals surface area contributed by atoms with Gasteiger partial charge >= 0.3 is 0 Å². The Hall–Kier alpha value is -5.24. The molecule has 3 aliphatic rings. The molecule has 0 radical (unpaired) electrons. The van der Waals surface area contributed by atoms with Crippen molar-refractivity contribution in [2.75, 3.05) is 0 Å². The lowest BCUT2D eigenvalue weighted by molar-refractivity contribution is 0.494. The third-order valence-corrected chi connectivity index (χ3v) is 9.47. The van der Waals surface area contributed by atoms with Crippen molar-refractivity contribution in [3.63, 3.8) is 0 Å². The van der Waals surface area contributed by atoms with E-state index in [0.29, 0.717) is 11.8 Å². The summed E-state index contributed by atoms with van der Waals surface area (Å²) in [6.45, 7) is 0. The van der Waals surface area contributed by atoms with Crippen molar-refractivity contribution in [1.82, 2.24) is 40.3 Å². The van der Waals surface area contributed by atoms with Gasteiger partial charge in [-0.3, -0.25) is 19.9 Å². The first-order chi connectivity index (χ1) is 21.3. The van der Waals surface area contributed by atoms with Crippen LogP contribution in [0, 0.1) is 11.8 Å². The first-order valence-corrected chi connectivity index (χ1v) is 14.8. The van der Waals surface area contributed by atoms with Gasteiger partial charge in [-0.1, -0.05) is 24.3 Å². The summed E-state index contributed by atoms with van der Waals surface area (Å²) in [6, 6.07) is 24.0. The quantitative estimate of drug-likeness (QED) is 0.255. The summed E-state index contributed by atoms with van der Waals surface area (Å²) < 4.78 is 0. The Kier molecular flexibility index (Phi) is 5.47. The van der Waals surface area contributed by atoms with Crippen LogP contribution in [0.4, 0.5) is 0 Å². The summed E-state index contributed by atoms with van der Waals surface area (Å²) in [5.74, 6) is 1.44. The number of fused-ring (bicyclic) bond motifs is 7. The van der Waals surface area contributed by atoms with E-state index >= 15 is 0 Å². The maximum Gasteiger partial charge on any atom is 0.115 e. The number of rotatable bonds is 4. The Morgan fingerprint density at radius 2 is 0.767 bits per heavy atom. The summed E-state index contributed by atoms with van der Waals surface area (Å²) in [7, 11) is 0. The molecule has 4 atom stereocenters. The molecule has 9 rings (SSSR count). The van der Waals surface area contributed by atoms with Gasteiger partial charge in [0.25, 0.3) is 0 Å². The van der Waals surface area contributed by atoms with Crippen molar-refractivity contribution >= 4 is 0 Å². The summed E-state index contributed by atoms with van der Waals surface area (Å²) >= 11 is 0. The average Bonchev–Trinajstić information content (AvgIpc) is 3.74. The van der Waals surface area contributed by atoms with E-state index in [1.165, 1.54) is 22.3 Å². The molecule has 0 aromatic carbocycles. The lowest BCUT2D eigenvalue weighted by Crippen LogP contribution is -2.13. The second kappa shape index (κ2) is 9.66. The molecule has 6 heterocycles. The van der Waals surface area contributed by atoms with Crippen molar-refractivity contribution < 1.29 is 0 Å². The van der Waals surface area contributed by atoms with Crippen molar-refractivity contribution in [1.29, 1.82) is 0 Å². The SMILES string of the molecule is c1ccc(-c2nnc(-c3ccccn3)c3c2C[C@@H]2C[C@@H]4Cc5c(-c6ccccn6)nnc(-c6ccccn6)c5[C@@H]4[C@H]32)nc1. The van der Waals surface area contributed by atoms with Gasteiger partial charge in [-0.2, -0.15) is 0 Å². The third kappa shape index (κ3) is 3.75. The number of hydrogen-bond acceptors (Lipinski definition) is 8. The Labute approximate surface area is 248 Å². The maximum absolute atomic E-state index is 4.87. The Morgan fingerprint density at radius 3 is 1.12 bits per heavy atom. The maximum atomic E-state index is 4.87. The van der Waals surface area contributed by atoms with Gasteiger partial charge in [-0.15, -0.1) is 20.4 Å². The van der Waals surface area contributed by atoms with E-state index in [9.17, 15) is 0 Å². The number of nitrogens with zero attached hydrogens (tertiary/aromatic N) is 8. The summed E-state index contributed by atoms with van der Waals surface area (Å²) in [5, 5.41) is 19.3. The molecule has 0 bridgehead atoms. The molecule has 0 unspecified atom stereocenters. The highest BCUT2D eigenvalue weighted by atomic mass is 15.1. The summed E-state index contributed by atoms with van der Waals surface area (Å²) in [4.78, 5) is 18.8. The molecule has 6 aromatic heterocycles. The molecule has 0 spiro atoms. The fourth-order valence-corrected chi connectivity index (χ4v) is 7.95. The summed E-state index contributed by atoms with van der Waals surface area (Å²) in [6.07, 6.45) is 10.3. The molecule has 8 nitrogen and oxygen atoms in total. The predicted octanol–water partition coefficient (Wildman–Crippen LogP) is 6.13. The zero-order valence-corrected chi connectivity index (χ0v) is 23.2. The van der Waals surface area contributed by atoms with Crippen LogP contribution in [0.3, 0.4) is 0 Å². The van der Waals surface area contributed by atoms with Crippen LogP contribution in [0.2, 0.25) is 0 Å². The van der Waals surface area contributed by atoms with Crippen LogP contribution in [-0.4, -0.2) is 40.3 Å². The predicted molar refractivity (Wildman–Crippen MR) is 161 cm³/mol. The lowest BCUT2D eigenvalue weighted by atomic mass is 9.81. The molecule has 8 heteroatoms. The molecule has 3 aliphatic carbocycles. The number of hydrogen-bond donors (Lipinski definition) is 0. The minimum Gasteiger partial charge on any atom is -0.255 e. The van der Waals surface area contributed by atoms with Gasteiger partial charge in [0.2, 0.25) is 0 Å². The number of aromatic nitrogens is 8. The standard InChI is InChI=1S/C35H26N8/c1-5-13-36-24(9-1)32-22-18-20-17-21-19-23-31(29(21)28(20)30(22)34(42-40-32)26-11-3-7-15-38-26)35(27-12-4-8-16-39-27)43-41-33(23)25-10-2-6-14-37-25/h1-16,20-21,28-29H,17-19H2/t20-,21+,28+,29-. The Balaban J connectivity index is 1.28. The molecular formula is C35H26N8. The first kappa shape index (κ1) is 24.4. The monoisotopic (exact) mass is 558 g/mol. The molecule has 43 heavy (non-hydrogen) atoms. The lowest BCUT2D eigenvalue weighted by Gasteiger charge is -2.24. The van der Waals surface area contributed by atoms with Crippen LogP contribution in [0.1, 0.15) is 40.5 Å². The van der Waals surface area contributed by atoms with Crippen LogP contribution in [0.15, 0.2) is 97.6 Å². The fourth-order valence-electron chi connectivity index (χ4n) is 7.95. The van der Waals surface area contributed by atoms with Gasteiger partial charge in [-0.05, 0) is 114 Å². The van der Waals surface area contributed by atoms with Gasteiger partial charge in [0.15, 0.2) is 0 Å². The molecule has 206 valence electrons. The smallest absolute Gasteiger partial charge is 0.115 e. The molecule has 0 N–H and O–H groups in total. The largest absolute Gasteiger partial charge is 0.255 e. The highest BCUT2D eigenvalue weighted by molar-refractivity contribution is 5.75. The van der Waals surface area contributed by atoms with E-state index in [4.69, 9.17) is 30.4 Å². The normalized spacial score (nSPS) is 21.2. The van der Waals surface area contributed by atoms with Gasteiger partial charge in [0.1, 0.15) is 22.8 Å². The van der Waals surface area contributed by atoms with E-state index in [-0.39, 0.29) is 11.8 Å². The molecule has 0 saturated heterocycles. The zero-order valence-electron chi connectivity index (χ0n) is 23.2. The van der Waals surface area contributed by atoms with Crippen molar-refractivity contribution in [3.05, 3.63) is 120 Å². The topological polar surface area (TPSA) is 103 Å². The average molecular weight is 559 g/mol. The molecule has 1 fully saturated rings.